The highest BCUT2D eigenvalue weighted by Crippen LogP contribution is 2.43. The minimum Gasteiger partial charge on any atom is -0.456 e. The Kier molecular flexibility index (Phi) is 6.35. The van der Waals surface area contributed by atoms with Crippen LogP contribution >= 0.6 is 22.9 Å². The summed E-state index contributed by atoms with van der Waals surface area (Å²) in [6, 6.07) is 12.8. The second-order valence-corrected chi connectivity index (χ2v) is 7.70. The number of benzene rings is 2. The van der Waals surface area contributed by atoms with Gasteiger partial charge in [0, 0.05) is 16.8 Å². The predicted octanol–water partition coefficient (Wildman–Crippen LogP) is 5.68. The summed E-state index contributed by atoms with van der Waals surface area (Å²) < 4.78 is 46.1. The Morgan fingerprint density at radius 1 is 1.20 bits per heavy atom. The molecule has 0 radical (unpaired) electrons. The first-order valence-electron chi connectivity index (χ1n) is 8.62. The van der Waals surface area contributed by atoms with Crippen molar-refractivity contribution in [2.75, 3.05) is 5.32 Å². The zero-order valence-corrected chi connectivity index (χ0v) is 17.1. The quantitative estimate of drug-likeness (QED) is 0.501. The van der Waals surface area contributed by atoms with Gasteiger partial charge in [0.05, 0.1) is 11.4 Å². The van der Waals surface area contributed by atoms with Crippen LogP contribution in [-0.4, -0.2) is 22.2 Å². The van der Waals surface area contributed by atoms with Gasteiger partial charge in [-0.05, 0) is 43.3 Å². The van der Waals surface area contributed by atoms with Gasteiger partial charge in [0.25, 0.3) is 0 Å². The molecule has 3 rings (SSSR count). The number of aryl methyl sites for hydroxylation is 1. The highest BCUT2D eigenvalue weighted by Gasteiger charge is 2.58. The van der Waals surface area contributed by atoms with Gasteiger partial charge in [0.15, 0.2) is 0 Å². The number of amides is 1. The molecule has 30 heavy (non-hydrogen) atoms. The number of halogens is 4. The predicted molar refractivity (Wildman–Crippen MR) is 108 cm³/mol. The van der Waals surface area contributed by atoms with E-state index in [0.717, 1.165) is 0 Å². The molecule has 0 spiro atoms. The Morgan fingerprint density at radius 3 is 2.43 bits per heavy atom. The summed E-state index contributed by atoms with van der Waals surface area (Å²) in [6.45, 7) is 1.50. The van der Waals surface area contributed by atoms with Crippen LogP contribution < -0.4 is 10.1 Å². The van der Waals surface area contributed by atoms with Crippen LogP contribution in [0.5, 0.6) is 11.5 Å². The molecular weight excluding hydrogens is 441 g/mol. The lowest BCUT2D eigenvalue weighted by molar-refractivity contribution is -0.266. The molecule has 5 nitrogen and oxygen atoms in total. The summed E-state index contributed by atoms with van der Waals surface area (Å²) in [7, 11) is 0. The Labute approximate surface area is 179 Å². The van der Waals surface area contributed by atoms with Gasteiger partial charge in [-0.15, -0.1) is 11.3 Å². The maximum Gasteiger partial charge on any atom is 0.424 e. The topological polar surface area (TPSA) is 71.5 Å². The SMILES string of the molecule is Cc1csc([C@](O)(CC(=O)Nc2ccc(Oc3ccccc3Cl)cc2)C(F)(F)F)n1. The van der Waals surface area contributed by atoms with Crippen molar-refractivity contribution in [3.63, 3.8) is 0 Å². The van der Waals surface area contributed by atoms with Crippen LogP contribution in [-0.2, 0) is 10.4 Å². The fourth-order valence-electron chi connectivity index (χ4n) is 2.54. The number of hydrogen-bond donors (Lipinski definition) is 2. The minimum atomic E-state index is -5.07. The van der Waals surface area contributed by atoms with E-state index in [1.54, 1.807) is 24.3 Å². The molecule has 0 fully saturated rings. The molecule has 0 unspecified atom stereocenters. The molecule has 2 N–H and O–H groups in total. The van der Waals surface area contributed by atoms with Gasteiger partial charge in [-0.25, -0.2) is 4.98 Å². The van der Waals surface area contributed by atoms with Gasteiger partial charge in [0.2, 0.25) is 11.5 Å². The van der Waals surface area contributed by atoms with E-state index in [1.807, 2.05) is 0 Å². The molecule has 2 aromatic carbocycles. The van der Waals surface area contributed by atoms with E-state index in [1.165, 1.54) is 36.6 Å². The third-order valence-corrected chi connectivity index (χ3v) is 5.48. The molecule has 0 aliphatic heterocycles. The van der Waals surface area contributed by atoms with Crippen molar-refractivity contribution in [2.24, 2.45) is 0 Å². The van der Waals surface area contributed by atoms with Crippen LogP contribution in [0, 0.1) is 6.92 Å². The zero-order chi connectivity index (χ0) is 21.9. The van der Waals surface area contributed by atoms with Crippen molar-refractivity contribution in [1.29, 1.82) is 0 Å². The number of ether oxygens (including phenoxy) is 1. The molecule has 0 saturated carbocycles. The van der Waals surface area contributed by atoms with Crippen molar-refractivity contribution >= 4 is 34.5 Å². The largest absolute Gasteiger partial charge is 0.456 e. The first-order chi connectivity index (χ1) is 14.1. The van der Waals surface area contributed by atoms with E-state index < -0.39 is 29.1 Å². The lowest BCUT2D eigenvalue weighted by atomic mass is 9.99. The third kappa shape index (κ3) is 4.92. The first-order valence-corrected chi connectivity index (χ1v) is 9.88. The second-order valence-electron chi connectivity index (χ2n) is 6.43. The van der Waals surface area contributed by atoms with Crippen LogP contribution in [0.2, 0.25) is 5.02 Å². The molecule has 3 aromatic rings. The standard InChI is InChI=1S/C20H16ClF3N2O3S/c1-12-11-30-18(25-12)19(28,20(22,23)24)10-17(27)26-13-6-8-14(9-7-13)29-16-5-3-2-4-15(16)21/h2-9,11,28H,10H2,1H3,(H,26,27)/t19-/m1/s1. The smallest absolute Gasteiger partial charge is 0.424 e. The molecule has 10 heteroatoms. The van der Waals surface area contributed by atoms with Crippen LogP contribution in [0.4, 0.5) is 18.9 Å². The number of alkyl halides is 3. The van der Waals surface area contributed by atoms with E-state index >= 15 is 0 Å². The molecule has 158 valence electrons. The minimum absolute atomic E-state index is 0.242. The van der Waals surface area contributed by atoms with Gasteiger partial charge in [-0.3, -0.25) is 4.79 Å². The van der Waals surface area contributed by atoms with E-state index in [4.69, 9.17) is 16.3 Å². The number of aromatic nitrogens is 1. The number of rotatable bonds is 6. The summed E-state index contributed by atoms with van der Waals surface area (Å²) >= 11 is 6.67. The molecule has 0 aliphatic rings. The molecule has 0 bridgehead atoms. The maximum absolute atomic E-state index is 13.5. The molecule has 0 aliphatic carbocycles. The molecular formula is C20H16ClF3N2O3S. The van der Waals surface area contributed by atoms with Gasteiger partial charge in [-0.1, -0.05) is 23.7 Å². The summed E-state index contributed by atoms with van der Waals surface area (Å²) in [5, 5.41) is 13.8. The van der Waals surface area contributed by atoms with Gasteiger partial charge < -0.3 is 15.2 Å². The van der Waals surface area contributed by atoms with Crippen LogP contribution in [0.3, 0.4) is 0 Å². The Balaban J connectivity index is 1.70. The number of nitrogens with one attached hydrogen (secondary N) is 1. The molecule has 0 saturated heterocycles. The lowest BCUT2D eigenvalue weighted by Crippen LogP contribution is -2.45. The molecule has 1 amide bonds. The number of para-hydroxylation sites is 1. The van der Waals surface area contributed by atoms with E-state index in [9.17, 15) is 23.1 Å². The summed E-state index contributed by atoms with van der Waals surface area (Å²) in [6.07, 6.45) is -6.29. The number of anilines is 1. The molecule has 1 heterocycles. The number of aliphatic hydroxyl groups is 1. The molecule has 1 atom stereocenters. The highest BCUT2D eigenvalue weighted by molar-refractivity contribution is 7.09. The van der Waals surface area contributed by atoms with E-state index in [0.29, 0.717) is 33.6 Å². The summed E-state index contributed by atoms with van der Waals surface area (Å²) in [4.78, 5) is 15.9. The fourth-order valence-corrected chi connectivity index (χ4v) is 3.63. The van der Waals surface area contributed by atoms with E-state index in [-0.39, 0.29) is 5.69 Å². The van der Waals surface area contributed by atoms with Crippen LogP contribution in [0.15, 0.2) is 53.9 Å². The number of nitrogens with zero attached hydrogens (tertiary/aromatic N) is 1. The van der Waals surface area contributed by atoms with Crippen molar-refractivity contribution in [3.05, 3.63) is 69.6 Å². The summed E-state index contributed by atoms with van der Waals surface area (Å²) in [5.41, 5.74) is -2.80. The highest BCUT2D eigenvalue weighted by atomic mass is 35.5. The third-order valence-electron chi connectivity index (χ3n) is 4.06. The van der Waals surface area contributed by atoms with Crippen LogP contribution in [0.25, 0.3) is 0 Å². The lowest BCUT2D eigenvalue weighted by Gasteiger charge is -2.27. The first kappa shape index (κ1) is 22.1. The average molecular weight is 457 g/mol. The van der Waals surface area contributed by atoms with Crippen molar-refractivity contribution in [2.45, 2.75) is 25.1 Å². The van der Waals surface area contributed by atoms with Crippen molar-refractivity contribution < 1.29 is 27.8 Å². The number of thiazole rings is 1. The Morgan fingerprint density at radius 2 is 1.87 bits per heavy atom. The van der Waals surface area contributed by atoms with Crippen LogP contribution in [0.1, 0.15) is 17.1 Å². The van der Waals surface area contributed by atoms with Crippen molar-refractivity contribution in [1.82, 2.24) is 4.98 Å². The monoisotopic (exact) mass is 456 g/mol. The fraction of sp³-hybridized carbons (Fsp3) is 0.200. The number of carbonyl (C=O) groups excluding carboxylic acids is 1. The maximum atomic E-state index is 13.5. The van der Waals surface area contributed by atoms with Gasteiger partial charge in [0.1, 0.15) is 16.5 Å². The Hall–Kier alpha value is -2.62. The number of hydrogen-bond acceptors (Lipinski definition) is 5. The van der Waals surface area contributed by atoms with Gasteiger partial charge >= 0.3 is 6.18 Å². The van der Waals surface area contributed by atoms with Gasteiger partial charge in [-0.2, -0.15) is 13.2 Å². The second kappa shape index (κ2) is 8.63. The number of carbonyl (C=O) groups is 1. The molecule has 1 aromatic heterocycles. The summed E-state index contributed by atoms with van der Waals surface area (Å²) in [5.74, 6) is -0.154. The zero-order valence-electron chi connectivity index (χ0n) is 15.5. The normalized spacial score (nSPS) is 13.5. The van der Waals surface area contributed by atoms with E-state index in [2.05, 4.69) is 10.3 Å². The average Bonchev–Trinajstić information content (AvgIpc) is 3.11. The Bertz CT molecular complexity index is 1040. The van der Waals surface area contributed by atoms with Crippen molar-refractivity contribution in [3.8, 4) is 11.5 Å².